The number of pyridine rings is 1. The van der Waals surface area contributed by atoms with E-state index in [0.29, 0.717) is 5.56 Å². The largest absolute Gasteiger partial charge is 0.493 e. The van der Waals surface area contributed by atoms with E-state index >= 15 is 0 Å². The number of nitriles is 1. The average molecular weight is 1310 g/mol. The zero-order valence-electron chi connectivity index (χ0n) is 42.8. The van der Waals surface area contributed by atoms with Crippen molar-refractivity contribution in [2.45, 2.75) is 59.8 Å². The van der Waals surface area contributed by atoms with Gasteiger partial charge in [-0.15, -0.1) is 50.0 Å². The molecule has 8 rings (SSSR count). The van der Waals surface area contributed by atoms with Gasteiger partial charge in [-0.05, 0) is 98.3 Å². The SMILES string of the molecule is Cc1cc(N=Nc2c(C)c(C#N)c3nc4c(S(=O)(=O)O)c(C)ccc4n3c2O)c(OCCCS(=O)(=O)O)cc1N=Nc1cc(CO)c(N=Nc2nc3c(S(=O)(=O)O)cc4ccc(S(=O)(=O)O)cc4c3s2)cc1SCCCS(=O)(=O)O.O=S(=O)=O. The van der Waals surface area contributed by atoms with Gasteiger partial charge < -0.3 is 14.9 Å². The Kier molecular flexibility index (Phi) is 19.1. The van der Waals surface area contributed by atoms with Crippen LogP contribution in [0.25, 0.3) is 37.7 Å². The minimum absolute atomic E-state index is 0.00975. The zero-order chi connectivity index (χ0) is 62.0. The molecule has 39 heteroatoms. The number of hydrogen-bond acceptors (Lipinski definition) is 27. The van der Waals surface area contributed by atoms with Crippen molar-refractivity contribution in [2.75, 3.05) is 23.9 Å². The monoisotopic (exact) mass is 1310 g/mol. The molecule has 31 nitrogen and oxygen atoms in total. The maximum Gasteiger partial charge on any atom is 0.425 e. The summed E-state index contributed by atoms with van der Waals surface area (Å²) < 4.78 is 201. The quantitative estimate of drug-likeness (QED) is 0.0163. The van der Waals surface area contributed by atoms with Gasteiger partial charge in [0.15, 0.2) is 11.3 Å². The Balaban J connectivity index is 0.00000245. The second-order valence-corrected chi connectivity index (χ2v) is 27.3. The van der Waals surface area contributed by atoms with Crippen molar-refractivity contribution in [1.82, 2.24) is 14.4 Å². The second kappa shape index (κ2) is 25.0. The lowest BCUT2D eigenvalue weighted by Crippen LogP contribution is -2.08. The van der Waals surface area contributed by atoms with Gasteiger partial charge in [-0.1, -0.05) is 23.5 Å². The lowest BCUT2D eigenvalue weighted by Gasteiger charge is -2.12. The number of imidazole rings is 1. The van der Waals surface area contributed by atoms with E-state index < -0.39 is 99.9 Å². The molecule has 7 N–H and O–H groups in total. The van der Waals surface area contributed by atoms with Gasteiger partial charge in [0.25, 0.3) is 50.6 Å². The summed E-state index contributed by atoms with van der Waals surface area (Å²) in [5.41, 5.74) is -0.408. The Labute approximate surface area is 485 Å². The van der Waals surface area contributed by atoms with Crippen LogP contribution in [0.5, 0.6) is 11.6 Å². The van der Waals surface area contributed by atoms with Crippen molar-refractivity contribution in [3.63, 3.8) is 0 Å². The molecule has 0 fully saturated rings. The summed E-state index contributed by atoms with van der Waals surface area (Å²) in [7, 11) is -26.4. The summed E-state index contributed by atoms with van der Waals surface area (Å²) in [5, 5.41) is 58.3. The van der Waals surface area contributed by atoms with E-state index in [-0.39, 0.29) is 129 Å². The standard InChI is InChI=1S/C45H40N10O18S7.O3S/c1-22-6-9-34-39(42(22)80(70,71)72)47-43-29(20-46)24(3)38(44(57)55(34)43)53-51-32-14-23(2)30(18-35(32)73-10-4-12-76(58,59)60)49-52-33-15-26(21-56)31(19-36(33)74-11-5-13-77(61,62)63)50-54-45-48-40-37(79(67,68)69)16-25-7-8-27(78(64,65)66)17-28(25)41(40)75-45;1-4(2)3/h6-9,14-19,56-57H,4-5,10-13,21H2,1-3H3,(H,58,59,60)(H,61,62,63)(H,64,65,66)(H,67,68,69)(H,70,71,72);. The topological polar surface area (TPSA) is 501 Å². The Morgan fingerprint density at radius 2 is 1.35 bits per heavy atom. The molecule has 3 heterocycles. The van der Waals surface area contributed by atoms with Crippen molar-refractivity contribution >= 4 is 156 Å². The number of fused-ring (bicyclic) bond motifs is 6. The van der Waals surface area contributed by atoms with E-state index in [1.165, 1.54) is 56.3 Å². The predicted octanol–water partition coefficient (Wildman–Crippen LogP) is 8.25. The lowest BCUT2D eigenvalue weighted by atomic mass is 10.1. The number of rotatable bonds is 20. The summed E-state index contributed by atoms with van der Waals surface area (Å²) in [6, 6.07) is 14.7. The van der Waals surface area contributed by atoms with E-state index in [2.05, 4.69) is 40.7 Å². The van der Waals surface area contributed by atoms with E-state index in [9.17, 15) is 80.3 Å². The smallest absolute Gasteiger partial charge is 0.425 e. The maximum absolute atomic E-state index is 12.5. The minimum atomic E-state index is -4.92. The van der Waals surface area contributed by atoms with Crippen molar-refractivity contribution in [1.29, 1.82) is 5.26 Å². The molecule has 0 amide bonds. The van der Waals surface area contributed by atoms with Gasteiger partial charge in [0.2, 0.25) is 11.0 Å². The molecule has 0 radical (unpaired) electrons. The van der Waals surface area contributed by atoms with Crippen LogP contribution in [0, 0.1) is 32.1 Å². The third-order valence-corrected chi connectivity index (χ3v) is 18.1. The van der Waals surface area contributed by atoms with Gasteiger partial charge in [-0.25, -0.2) is 9.97 Å². The maximum atomic E-state index is 12.5. The molecule has 84 heavy (non-hydrogen) atoms. The van der Waals surface area contributed by atoms with Crippen LogP contribution >= 0.6 is 23.1 Å². The molecule has 0 atom stereocenters. The number of aromatic hydroxyl groups is 1. The molecule has 0 bridgehead atoms. The molecule has 0 aliphatic rings. The number of thiazole rings is 1. The van der Waals surface area contributed by atoms with Crippen LogP contribution in [0.2, 0.25) is 0 Å². The Hall–Kier alpha value is -7.43. The number of azo groups is 3. The van der Waals surface area contributed by atoms with Crippen molar-refractivity contribution in [2.24, 2.45) is 30.7 Å². The summed E-state index contributed by atoms with van der Waals surface area (Å²) in [4.78, 5) is 7.08. The summed E-state index contributed by atoms with van der Waals surface area (Å²) >= 11 is 1.78. The van der Waals surface area contributed by atoms with Gasteiger partial charge >= 0.3 is 10.6 Å². The van der Waals surface area contributed by atoms with Crippen molar-refractivity contribution in [3.8, 4) is 17.7 Å². The number of hydrogen-bond donors (Lipinski definition) is 7. The van der Waals surface area contributed by atoms with E-state index in [1.807, 2.05) is 6.07 Å². The number of aliphatic hydroxyl groups is 1. The molecule has 0 saturated heterocycles. The number of thioether (sulfide) groups is 1. The van der Waals surface area contributed by atoms with Gasteiger partial charge in [-0.2, -0.15) is 52.5 Å². The predicted molar refractivity (Wildman–Crippen MR) is 299 cm³/mol. The van der Waals surface area contributed by atoms with Gasteiger partial charge in [0, 0.05) is 27.5 Å². The van der Waals surface area contributed by atoms with E-state index in [1.54, 1.807) is 6.92 Å². The number of aryl methyl sites for hydroxylation is 2. The second-order valence-electron chi connectivity index (χ2n) is 17.5. The van der Waals surface area contributed by atoms with E-state index in [4.69, 9.17) is 17.4 Å². The highest BCUT2D eigenvalue weighted by atomic mass is 32.2. The van der Waals surface area contributed by atoms with Gasteiger partial charge in [0.05, 0.1) is 56.9 Å². The molecular formula is C45H40N10O21S8. The highest BCUT2D eigenvalue weighted by molar-refractivity contribution is 7.99. The molecule has 0 saturated carbocycles. The first kappa shape index (κ1) is 64.1. The Morgan fingerprint density at radius 1 is 0.702 bits per heavy atom. The molecular weight excluding hydrogens is 1270 g/mol. The van der Waals surface area contributed by atoms with Crippen LogP contribution < -0.4 is 4.74 Å². The van der Waals surface area contributed by atoms with E-state index in [0.717, 1.165) is 45.7 Å². The van der Waals surface area contributed by atoms with Crippen molar-refractivity contribution < 1.29 is 92.4 Å². The molecule has 0 unspecified atom stereocenters. The summed E-state index contributed by atoms with van der Waals surface area (Å²) in [6.45, 7) is 3.40. The van der Waals surface area contributed by atoms with Crippen molar-refractivity contribution in [3.05, 3.63) is 88.5 Å². The minimum Gasteiger partial charge on any atom is -0.493 e. The number of benzene rings is 5. The first-order valence-corrected chi connectivity index (χ1v) is 33.4. The molecule has 5 aromatic carbocycles. The van der Waals surface area contributed by atoms with Crippen LogP contribution in [0.15, 0.2) is 111 Å². The highest BCUT2D eigenvalue weighted by Gasteiger charge is 2.27. The first-order chi connectivity index (χ1) is 39.1. The molecule has 444 valence electrons. The molecule has 0 aliphatic heterocycles. The first-order valence-electron chi connectivity index (χ1n) is 23.1. The van der Waals surface area contributed by atoms with Gasteiger partial charge in [-0.3, -0.25) is 27.2 Å². The number of nitrogens with zero attached hydrogens (tertiary/aromatic N) is 10. The summed E-state index contributed by atoms with van der Waals surface area (Å²) in [6.07, 6.45) is -0.274. The third kappa shape index (κ3) is 15.1. The lowest BCUT2D eigenvalue weighted by molar-refractivity contribution is 0.282. The van der Waals surface area contributed by atoms with Crippen LogP contribution in [0.1, 0.15) is 40.7 Å². The highest BCUT2D eigenvalue weighted by Crippen LogP contribution is 2.45. The third-order valence-electron chi connectivity index (χ3n) is 11.7. The van der Waals surface area contributed by atoms with Crippen LogP contribution in [0.3, 0.4) is 0 Å². The van der Waals surface area contributed by atoms with Crippen LogP contribution in [-0.2, 0) is 67.8 Å². The fourth-order valence-corrected chi connectivity index (χ4v) is 13.2. The molecule has 3 aromatic heterocycles. The Morgan fingerprint density at radius 3 is 1.96 bits per heavy atom. The fourth-order valence-electron chi connectivity index (χ4n) is 8.00. The molecule has 0 spiro atoms. The number of aliphatic hydroxyl groups excluding tert-OH is 1. The number of aromatic nitrogens is 3. The summed E-state index contributed by atoms with van der Waals surface area (Å²) in [5.74, 6) is -1.97. The Bertz CT molecular complexity index is 4890. The fraction of sp³-hybridized carbons (Fsp3) is 0.222. The normalized spacial score (nSPS) is 12.8. The van der Waals surface area contributed by atoms with Gasteiger partial charge in [0.1, 0.15) is 43.9 Å². The van der Waals surface area contributed by atoms with Crippen LogP contribution in [-0.4, -0.2) is 126 Å². The average Bonchev–Trinajstić information content (AvgIpc) is 2.09. The zero-order valence-corrected chi connectivity index (χ0v) is 49.3. The molecule has 0 aliphatic carbocycles. The molecule has 8 aromatic rings. The van der Waals surface area contributed by atoms with Crippen LogP contribution in [0.4, 0.5) is 33.6 Å². The number of ether oxygens (including phenoxy) is 1.